The molecule has 2 fully saturated rings. The van der Waals surface area contributed by atoms with E-state index < -0.39 is 35.5 Å². The first kappa shape index (κ1) is 32.9. The lowest BCUT2D eigenvalue weighted by molar-refractivity contribution is -0.137. The van der Waals surface area contributed by atoms with Crippen LogP contribution in [0.4, 0.5) is 33.6 Å². The Morgan fingerprint density at radius 1 is 1.18 bits per heavy atom. The smallest absolute Gasteiger partial charge is 0.418 e. The maximum atomic E-state index is 16.6. The number of aromatic nitrogens is 3. The molecule has 2 aromatic heterocycles. The summed E-state index contributed by atoms with van der Waals surface area (Å²) in [4.78, 5) is 31.1. The third kappa shape index (κ3) is 6.71. The summed E-state index contributed by atoms with van der Waals surface area (Å²) in [6.07, 6.45) is -2.77. The number of aryl methyl sites for hydroxylation is 1. The fourth-order valence-corrected chi connectivity index (χ4v) is 6.41. The number of benzene rings is 1. The molecule has 4 heterocycles. The number of nitrogens with zero attached hydrogens (tertiary/aromatic N) is 6. The number of hydrogen-bond acceptors (Lipinski definition) is 8. The molecule has 0 saturated carbocycles. The maximum Gasteiger partial charge on any atom is 0.418 e. The molecule has 45 heavy (non-hydrogen) atoms. The molecule has 0 aliphatic carbocycles. The minimum atomic E-state index is -4.88. The molecule has 3 aromatic rings. The largest absolute Gasteiger partial charge is 0.462 e. The highest BCUT2D eigenvalue weighted by atomic mass is 35.5. The molecule has 244 valence electrons. The van der Waals surface area contributed by atoms with Crippen molar-refractivity contribution in [3.63, 3.8) is 0 Å². The lowest BCUT2D eigenvalue weighted by Crippen LogP contribution is -2.54. The number of nitrogens with two attached hydrogens (primary N) is 1. The van der Waals surface area contributed by atoms with Crippen LogP contribution >= 0.6 is 11.6 Å². The zero-order chi connectivity index (χ0) is 32.6. The van der Waals surface area contributed by atoms with Crippen LogP contribution in [0.1, 0.15) is 43.7 Å². The van der Waals surface area contributed by atoms with E-state index >= 15 is 4.39 Å². The number of likely N-dealkylation sites (tertiary alicyclic amines) is 1. The topological polar surface area (TPSA) is 101 Å². The second-order valence-corrected chi connectivity index (χ2v) is 12.0. The molecular weight excluding hydrogens is 621 g/mol. The highest BCUT2D eigenvalue weighted by Crippen LogP contribution is 2.44. The molecule has 0 radical (unpaired) electrons. The predicted molar refractivity (Wildman–Crippen MR) is 162 cm³/mol. The van der Waals surface area contributed by atoms with Gasteiger partial charge in [0.2, 0.25) is 5.91 Å². The molecule has 0 bridgehead atoms. The second-order valence-electron chi connectivity index (χ2n) is 11.6. The van der Waals surface area contributed by atoms with Gasteiger partial charge in [0.25, 0.3) is 0 Å². The highest BCUT2D eigenvalue weighted by Gasteiger charge is 2.39. The Morgan fingerprint density at radius 3 is 2.58 bits per heavy atom. The molecule has 0 spiro atoms. The molecule has 5 rings (SSSR count). The van der Waals surface area contributed by atoms with E-state index in [9.17, 15) is 22.4 Å². The number of alkyl halides is 4. The molecule has 2 saturated heterocycles. The minimum Gasteiger partial charge on any atom is -0.462 e. The molecule has 9 nitrogen and oxygen atoms in total. The quantitative estimate of drug-likeness (QED) is 0.311. The minimum absolute atomic E-state index is 0.0880. The van der Waals surface area contributed by atoms with Crippen LogP contribution < -0.4 is 15.4 Å². The van der Waals surface area contributed by atoms with Crippen molar-refractivity contribution in [2.75, 3.05) is 57.1 Å². The Bertz CT molecular complexity index is 1590. The summed E-state index contributed by atoms with van der Waals surface area (Å²) >= 11 is 6.55. The fraction of sp³-hybridized carbons (Fsp3) is 0.533. The van der Waals surface area contributed by atoms with Crippen molar-refractivity contribution in [1.29, 1.82) is 0 Å². The number of amides is 1. The van der Waals surface area contributed by atoms with Gasteiger partial charge >= 0.3 is 12.2 Å². The number of pyridine rings is 1. The Labute approximate surface area is 262 Å². The second kappa shape index (κ2) is 13.1. The molecule has 1 aromatic carbocycles. The normalized spacial score (nSPS) is 19.5. The molecule has 2 N–H and O–H groups in total. The highest BCUT2D eigenvalue weighted by molar-refractivity contribution is 6.34. The molecule has 2 atom stereocenters. The summed E-state index contributed by atoms with van der Waals surface area (Å²) in [6.45, 7) is 4.52. The van der Waals surface area contributed by atoms with Gasteiger partial charge in [-0.1, -0.05) is 11.6 Å². The molecule has 2 unspecified atom stereocenters. The number of rotatable bonds is 8. The molecule has 2 aliphatic heterocycles. The van der Waals surface area contributed by atoms with Gasteiger partial charge in [-0.2, -0.15) is 23.1 Å². The van der Waals surface area contributed by atoms with E-state index in [1.165, 1.54) is 13.0 Å². The Balaban J connectivity index is 1.63. The van der Waals surface area contributed by atoms with E-state index in [-0.39, 0.29) is 76.6 Å². The summed E-state index contributed by atoms with van der Waals surface area (Å²) in [7, 11) is 1.97. The van der Waals surface area contributed by atoms with Gasteiger partial charge in [-0.3, -0.25) is 9.18 Å². The summed E-state index contributed by atoms with van der Waals surface area (Å²) in [6, 6.07) is 2.02. The first-order valence-corrected chi connectivity index (χ1v) is 15.2. The van der Waals surface area contributed by atoms with Crippen molar-refractivity contribution in [3.05, 3.63) is 34.1 Å². The molecular formula is C30H35ClF5N7O2. The van der Waals surface area contributed by atoms with Gasteiger partial charge in [0, 0.05) is 43.5 Å². The number of carbonyl (C=O) groups excluding carboxylic acids is 1. The number of carbonyl (C=O) groups is 1. The first-order chi connectivity index (χ1) is 21.3. The van der Waals surface area contributed by atoms with E-state index in [1.807, 2.05) is 18.9 Å². The third-order valence-corrected chi connectivity index (χ3v) is 8.75. The summed E-state index contributed by atoms with van der Waals surface area (Å²) in [5, 5.41) is -0.174. The van der Waals surface area contributed by atoms with Gasteiger partial charge in [-0.05, 0) is 64.4 Å². The number of piperazine rings is 1. The van der Waals surface area contributed by atoms with Crippen molar-refractivity contribution >= 4 is 40.0 Å². The van der Waals surface area contributed by atoms with E-state index in [0.717, 1.165) is 25.5 Å². The maximum absolute atomic E-state index is 16.6. The van der Waals surface area contributed by atoms with Crippen molar-refractivity contribution in [2.45, 2.75) is 57.8 Å². The van der Waals surface area contributed by atoms with Crippen LogP contribution in [0, 0.1) is 12.7 Å². The van der Waals surface area contributed by atoms with E-state index in [1.54, 1.807) is 4.90 Å². The van der Waals surface area contributed by atoms with E-state index in [2.05, 4.69) is 19.9 Å². The monoisotopic (exact) mass is 655 g/mol. The summed E-state index contributed by atoms with van der Waals surface area (Å²) in [5.74, 6) is -1.26. The van der Waals surface area contributed by atoms with Crippen LogP contribution in [-0.2, 0) is 11.0 Å². The number of hydrogen-bond donors (Lipinski definition) is 1. The van der Waals surface area contributed by atoms with E-state index in [4.69, 9.17) is 22.1 Å². The van der Waals surface area contributed by atoms with Crippen LogP contribution in [0.2, 0.25) is 5.02 Å². The number of fused-ring (bicyclic) bond motifs is 1. The number of halogens is 6. The zero-order valence-corrected chi connectivity index (χ0v) is 26.0. The van der Waals surface area contributed by atoms with Crippen molar-refractivity contribution in [3.8, 4) is 17.3 Å². The average molecular weight is 656 g/mol. The number of likely N-dealkylation sites (N-methyl/N-ethyl adjacent to an activating group) is 1. The Hall–Kier alpha value is -3.52. The van der Waals surface area contributed by atoms with E-state index in [0.29, 0.717) is 19.6 Å². The van der Waals surface area contributed by atoms with Crippen molar-refractivity contribution < 1.29 is 31.5 Å². The van der Waals surface area contributed by atoms with Gasteiger partial charge < -0.3 is 25.2 Å². The zero-order valence-electron chi connectivity index (χ0n) is 25.2. The van der Waals surface area contributed by atoms with Crippen LogP contribution in [0.15, 0.2) is 12.1 Å². The van der Waals surface area contributed by atoms with Gasteiger partial charge in [0.1, 0.15) is 23.8 Å². The average Bonchev–Trinajstić information content (AvgIpc) is 3.38. The van der Waals surface area contributed by atoms with Gasteiger partial charge in [0.15, 0.2) is 5.82 Å². The predicted octanol–water partition coefficient (Wildman–Crippen LogP) is 5.65. The lowest BCUT2D eigenvalue weighted by atomic mass is 9.98. The van der Waals surface area contributed by atoms with Gasteiger partial charge in [-0.25, -0.2) is 9.37 Å². The molecule has 2 aliphatic rings. The SMILES string of the molecule is Cc1cc(N)nc(-c2c(Cl)cc3c(N4CCN(C(=O)CCCF)CC4C)nc(OCC4CCCN4C)nc3c2F)c1C(F)(F)F. The van der Waals surface area contributed by atoms with Crippen LogP contribution in [0.3, 0.4) is 0 Å². The van der Waals surface area contributed by atoms with Crippen molar-refractivity contribution in [1.82, 2.24) is 24.8 Å². The summed E-state index contributed by atoms with van der Waals surface area (Å²) in [5.41, 5.74) is 2.79. The van der Waals surface area contributed by atoms with Gasteiger partial charge in [-0.15, -0.1) is 0 Å². The fourth-order valence-electron chi connectivity index (χ4n) is 6.13. The standard InChI is InChI=1S/C30H35ClF5N7O2/c1-16-12-21(37)38-27(24(16)30(34,35)36)23-20(31)13-19-26(25(23)33)39-29(45-15-18-6-5-9-41(18)3)40-28(19)43-11-10-42(14-17(43)2)22(44)7-4-8-32/h12-13,17-18H,4-11,14-15H2,1-3H3,(H2,37,38). The number of nitrogen functional groups attached to an aromatic ring is 1. The Morgan fingerprint density at radius 2 is 1.93 bits per heavy atom. The lowest BCUT2D eigenvalue weighted by Gasteiger charge is -2.41. The number of anilines is 2. The molecule has 15 heteroatoms. The first-order valence-electron chi connectivity index (χ1n) is 14.8. The van der Waals surface area contributed by atoms with Crippen molar-refractivity contribution in [2.24, 2.45) is 0 Å². The third-order valence-electron chi connectivity index (χ3n) is 8.45. The van der Waals surface area contributed by atoms with Crippen LogP contribution in [-0.4, -0.2) is 89.3 Å². The van der Waals surface area contributed by atoms with Gasteiger partial charge in [0.05, 0.1) is 28.5 Å². The Kier molecular flexibility index (Phi) is 9.54. The van der Waals surface area contributed by atoms with Crippen LogP contribution in [0.5, 0.6) is 6.01 Å². The number of ether oxygens (including phenoxy) is 1. The molecule has 1 amide bonds. The summed E-state index contributed by atoms with van der Waals surface area (Å²) < 4.78 is 77.8. The van der Waals surface area contributed by atoms with Crippen LogP contribution in [0.25, 0.3) is 22.2 Å².